The minimum atomic E-state index is -1.76. The van der Waals surface area contributed by atoms with E-state index >= 15 is 0 Å². The van der Waals surface area contributed by atoms with Crippen molar-refractivity contribution in [3.05, 3.63) is 34.5 Å². The van der Waals surface area contributed by atoms with Gasteiger partial charge in [0.2, 0.25) is 11.7 Å². The Hall–Kier alpha value is -3.09. The summed E-state index contributed by atoms with van der Waals surface area (Å²) in [5.74, 6) is -1.61. The maximum atomic E-state index is 13.0. The summed E-state index contributed by atoms with van der Waals surface area (Å²) >= 11 is 0. The number of aliphatic hydroxyl groups excluding tert-OH is 4. The first-order valence-corrected chi connectivity index (χ1v) is 8.84. The second kappa shape index (κ2) is 7.31. The summed E-state index contributed by atoms with van der Waals surface area (Å²) in [5, 5.41) is 68.7. The molecule has 0 aliphatic carbocycles. The Labute approximate surface area is 167 Å². The fourth-order valence-corrected chi connectivity index (χ4v) is 3.38. The molecule has 1 saturated heterocycles. The molecule has 1 fully saturated rings. The number of phenolic OH excluding ortho intramolecular Hbond substituents is 3. The van der Waals surface area contributed by atoms with E-state index in [1.54, 1.807) is 0 Å². The Morgan fingerprint density at radius 1 is 0.933 bits per heavy atom. The molecule has 1 aliphatic heterocycles. The molecule has 0 saturated carbocycles. The first-order valence-electron chi connectivity index (χ1n) is 8.84. The topological polar surface area (TPSA) is 190 Å². The van der Waals surface area contributed by atoms with E-state index in [0.717, 1.165) is 24.3 Å². The molecule has 7 N–H and O–H groups in total. The number of phenols is 3. The third-order valence-electron chi connectivity index (χ3n) is 4.92. The minimum Gasteiger partial charge on any atom is -0.508 e. The molecule has 0 spiro atoms. The first kappa shape index (κ1) is 20.2. The van der Waals surface area contributed by atoms with Crippen molar-refractivity contribution in [2.24, 2.45) is 0 Å². The smallest absolute Gasteiger partial charge is 0.229 e. The molecule has 4 rings (SSSR count). The summed E-state index contributed by atoms with van der Waals surface area (Å²) in [5.41, 5.74) is -1.32. The van der Waals surface area contributed by atoms with Gasteiger partial charge in [-0.15, -0.1) is 0 Å². The monoisotopic (exact) mass is 422 g/mol. The Kier molecular flexibility index (Phi) is 4.92. The van der Waals surface area contributed by atoms with Gasteiger partial charge in [0, 0.05) is 12.1 Å². The van der Waals surface area contributed by atoms with Crippen LogP contribution in [0.2, 0.25) is 0 Å². The Bertz CT molecular complexity index is 1170. The molecule has 5 atom stereocenters. The number of hydrogen-bond donors (Lipinski definition) is 7. The minimum absolute atomic E-state index is 0.201. The van der Waals surface area contributed by atoms with E-state index in [0.29, 0.717) is 0 Å². The molecule has 3 aromatic rings. The van der Waals surface area contributed by atoms with Gasteiger partial charge in [-0.1, -0.05) is 0 Å². The molecule has 1 aliphatic rings. The third kappa shape index (κ3) is 3.09. The number of ether oxygens (including phenoxy) is 2. The van der Waals surface area contributed by atoms with E-state index in [1.807, 2.05) is 0 Å². The van der Waals surface area contributed by atoms with E-state index in [4.69, 9.17) is 13.9 Å². The van der Waals surface area contributed by atoms with Crippen LogP contribution in [0.15, 0.2) is 33.5 Å². The Morgan fingerprint density at radius 2 is 1.63 bits per heavy atom. The van der Waals surface area contributed by atoms with Gasteiger partial charge in [0.1, 0.15) is 58.0 Å². The van der Waals surface area contributed by atoms with Crippen LogP contribution in [0.3, 0.4) is 0 Å². The Balaban J connectivity index is 1.88. The van der Waals surface area contributed by atoms with E-state index in [2.05, 4.69) is 0 Å². The van der Waals surface area contributed by atoms with Crippen molar-refractivity contribution in [1.29, 1.82) is 0 Å². The molecule has 2 aromatic carbocycles. The van der Waals surface area contributed by atoms with Crippen LogP contribution >= 0.6 is 0 Å². The maximum Gasteiger partial charge on any atom is 0.229 e. The number of hydrogen-bond acceptors (Lipinski definition) is 11. The molecule has 11 nitrogen and oxygen atoms in total. The van der Waals surface area contributed by atoms with Crippen LogP contribution in [0.25, 0.3) is 21.9 Å². The molecule has 2 heterocycles. The molecule has 1 aromatic heterocycles. The van der Waals surface area contributed by atoms with Crippen LogP contribution in [0.5, 0.6) is 23.0 Å². The van der Waals surface area contributed by atoms with Crippen LogP contribution in [-0.2, 0) is 4.74 Å². The maximum absolute atomic E-state index is 13.0. The van der Waals surface area contributed by atoms with Crippen LogP contribution in [0.1, 0.15) is 0 Å². The van der Waals surface area contributed by atoms with Crippen LogP contribution in [0.4, 0.5) is 0 Å². The summed E-state index contributed by atoms with van der Waals surface area (Å²) in [7, 11) is 0. The molecule has 0 amide bonds. The zero-order valence-electron chi connectivity index (χ0n) is 15.2. The van der Waals surface area contributed by atoms with Crippen LogP contribution in [-0.4, -0.2) is 73.1 Å². The van der Waals surface area contributed by atoms with Crippen molar-refractivity contribution in [3.63, 3.8) is 0 Å². The lowest BCUT2D eigenvalue weighted by molar-refractivity contribution is -0.277. The summed E-state index contributed by atoms with van der Waals surface area (Å²) < 4.78 is 16.2. The van der Waals surface area contributed by atoms with Gasteiger partial charge < -0.3 is 49.6 Å². The zero-order valence-corrected chi connectivity index (χ0v) is 15.2. The Morgan fingerprint density at radius 3 is 2.33 bits per heavy atom. The number of rotatable bonds is 3. The molecule has 0 bridgehead atoms. The van der Waals surface area contributed by atoms with Gasteiger partial charge >= 0.3 is 0 Å². The molecule has 0 radical (unpaired) electrons. The number of fused-ring (bicyclic) bond motifs is 2. The largest absolute Gasteiger partial charge is 0.508 e. The van der Waals surface area contributed by atoms with Gasteiger partial charge in [0.15, 0.2) is 11.3 Å². The molecular formula is C19H18O11. The van der Waals surface area contributed by atoms with Gasteiger partial charge in [-0.3, -0.25) is 4.79 Å². The summed E-state index contributed by atoms with van der Waals surface area (Å²) in [6.07, 6.45) is -7.97. The lowest BCUT2D eigenvalue weighted by Crippen LogP contribution is -2.60. The molecule has 30 heavy (non-hydrogen) atoms. The molecule has 160 valence electrons. The fraction of sp³-hybridized carbons (Fsp3) is 0.316. The second-order valence-electron chi connectivity index (χ2n) is 6.87. The normalized spacial score (nSPS) is 26.9. The summed E-state index contributed by atoms with van der Waals surface area (Å²) in [6, 6.07) is 4.33. The van der Waals surface area contributed by atoms with E-state index in [1.165, 1.54) is 0 Å². The molecular weight excluding hydrogens is 404 g/mol. The quantitative estimate of drug-likeness (QED) is 0.207. The van der Waals surface area contributed by atoms with Crippen molar-refractivity contribution >= 4 is 21.9 Å². The molecule has 11 heteroatoms. The predicted octanol–water partition coefficient (Wildman–Crippen LogP) is -0.758. The number of benzene rings is 2. The van der Waals surface area contributed by atoms with Crippen molar-refractivity contribution in [2.75, 3.05) is 6.61 Å². The van der Waals surface area contributed by atoms with Crippen molar-refractivity contribution < 1.29 is 49.6 Å². The van der Waals surface area contributed by atoms with Crippen molar-refractivity contribution in [2.45, 2.75) is 30.7 Å². The highest BCUT2D eigenvalue weighted by Crippen LogP contribution is 2.37. The van der Waals surface area contributed by atoms with Crippen LogP contribution < -0.4 is 10.2 Å². The van der Waals surface area contributed by atoms with Crippen molar-refractivity contribution in [3.8, 4) is 23.0 Å². The first-order chi connectivity index (χ1) is 14.2. The average Bonchev–Trinajstić information content (AvgIpc) is 2.70. The van der Waals surface area contributed by atoms with Gasteiger partial charge in [0.05, 0.1) is 6.61 Å². The third-order valence-corrected chi connectivity index (χ3v) is 4.92. The average molecular weight is 422 g/mol. The fourth-order valence-electron chi connectivity index (χ4n) is 3.38. The van der Waals surface area contributed by atoms with Crippen molar-refractivity contribution in [1.82, 2.24) is 0 Å². The summed E-state index contributed by atoms with van der Waals surface area (Å²) in [4.78, 5) is 13.0. The number of aliphatic hydroxyl groups is 4. The highest BCUT2D eigenvalue weighted by Gasteiger charge is 2.45. The van der Waals surface area contributed by atoms with E-state index < -0.39 is 60.0 Å². The second-order valence-corrected chi connectivity index (χ2v) is 6.87. The SMILES string of the molecule is O=c1c2c(O[C@@H]3O[C@H](CO)[C@@H](O)[C@H](O)[C@H]3O)cc(O)cc2oc2c(O)ccc(O)c12. The van der Waals surface area contributed by atoms with E-state index in [9.17, 15) is 40.5 Å². The lowest BCUT2D eigenvalue weighted by Gasteiger charge is -2.39. The predicted molar refractivity (Wildman–Crippen MR) is 99.4 cm³/mol. The van der Waals surface area contributed by atoms with E-state index in [-0.39, 0.29) is 27.7 Å². The van der Waals surface area contributed by atoms with Gasteiger partial charge in [-0.25, -0.2) is 0 Å². The van der Waals surface area contributed by atoms with Gasteiger partial charge in [-0.2, -0.15) is 0 Å². The molecule has 0 unspecified atom stereocenters. The highest BCUT2D eigenvalue weighted by atomic mass is 16.7. The highest BCUT2D eigenvalue weighted by molar-refractivity contribution is 5.98. The zero-order chi connectivity index (χ0) is 21.7. The lowest BCUT2D eigenvalue weighted by atomic mass is 9.99. The standard InChI is InChI=1S/C19H18O11/c20-5-11-14(24)16(26)17(27)19(30-11)29-10-4-6(21)3-9-13(10)15(25)12-7(22)1-2-8(23)18(12)28-9/h1-4,11,14,16-17,19-24,26-27H,5H2/t11-,14-,16+,17-,19-/m1/s1. The van der Waals surface area contributed by atoms with Gasteiger partial charge in [0.25, 0.3) is 0 Å². The van der Waals surface area contributed by atoms with Gasteiger partial charge in [-0.05, 0) is 12.1 Å². The summed E-state index contributed by atoms with van der Waals surface area (Å²) in [6.45, 7) is -0.689. The number of aromatic hydroxyl groups is 3. The van der Waals surface area contributed by atoms with Crippen LogP contribution in [0, 0.1) is 0 Å².